The molecule has 0 amide bonds. The van der Waals surface area contributed by atoms with Crippen molar-refractivity contribution in [3.63, 3.8) is 0 Å². The molecule has 0 saturated heterocycles. The maximum atomic E-state index is 13.0. The van der Waals surface area contributed by atoms with Gasteiger partial charge in [-0.3, -0.25) is 9.20 Å². The normalized spacial score (nSPS) is 10.8. The lowest BCUT2D eigenvalue weighted by molar-refractivity contribution is 0.585. The summed E-state index contributed by atoms with van der Waals surface area (Å²) in [6, 6.07) is 8.17. The van der Waals surface area contributed by atoms with Crippen molar-refractivity contribution in [3.8, 4) is 0 Å². The van der Waals surface area contributed by atoms with Crippen LogP contribution in [0.5, 0.6) is 0 Å². The average molecular weight is 392 g/mol. The van der Waals surface area contributed by atoms with Crippen LogP contribution in [0.25, 0.3) is 5.65 Å². The molecule has 0 spiro atoms. The van der Waals surface area contributed by atoms with Gasteiger partial charge in [0, 0.05) is 23.8 Å². The van der Waals surface area contributed by atoms with Gasteiger partial charge in [0.05, 0.1) is 5.56 Å². The third-order valence-corrected chi connectivity index (χ3v) is 3.92. The van der Waals surface area contributed by atoms with E-state index in [2.05, 4.69) is 36.5 Å². The highest BCUT2D eigenvalue weighted by Gasteiger charge is 2.08. The standard InChI is InChI=1S/C16H15BrFN5O/c1-10-15(20-8-7-19-13-4-2-3-12(18)21-13)22-14-6-5-11(17)9-23(14)16(10)24/h2-6,9,20H,7-8H2,1H3,(H,19,21). The minimum absolute atomic E-state index is 0.122. The van der Waals surface area contributed by atoms with Crippen LogP contribution in [-0.2, 0) is 0 Å². The maximum Gasteiger partial charge on any atom is 0.262 e. The quantitative estimate of drug-likeness (QED) is 0.516. The van der Waals surface area contributed by atoms with E-state index in [0.717, 1.165) is 4.47 Å². The number of rotatable bonds is 5. The van der Waals surface area contributed by atoms with Crippen LogP contribution in [0.15, 0.2) is 45.8 Å². The number of nitrogens with zero attached hydrogens (tertiary/aromatic N) is 3. The number of fused-ring (bicyclic) bond motifs is 1. The number of hydrogen-bond donors (Lipinski definition) is 2. The van der Waals surface area contributed by atoms with E-state index in [4.69, 9.17) is 0 Å². The summed E-state index contributed by atoms with van der Waals surface area (Å²) in [7, 11) is 0. The number of anilines is 2. The molecule has 0 unspecified atom stereocenters. The van der Waals surface area contributed by atoms with Gasteiger partial charge in [0.25, 0.3) is 5.56 Å². The highest BCUT2D eigenvalue weighted by atomic mass is 79.9. The molecule has 124 valence electrons. The number of pyridine rings is 2. The highest BCUT2D eigenvalue weighted by Crippen LogP contribution is 2.13. The van der Waals surface area contributed by atoms with Crippen molar-refractivity contribution in [1.82, 2.24) is 14.4 Å². The Balaban J connectivity index is 1.70. The monoisotopic (exact) mass is 391 g/mol. The van der Waals surface area contributed by atoms with E-state index in [1.165, 1.54) is 10.5 Å². The first-order chi connectivity index (χ1) is 11.5. The summed E-state index contributed by atoms with van der Waals surface area (Å²) < 4.78 is 15.3. The predicted octanol–water partition coefficient (Wildman–Crippen LogP) is 2.82. The van der Waals surface area contributed by atoms with Gasteiger partial charge in [-0.15, -0.1) is 0 Å². The molecule has 2 N–H and O–H groups in total. The molecule has 0 aliphatic carbocycles. The van der Waals surface area contributed by atoms with Gasteiger partial charge < -0.3 is 10.6 Å². The third kappa shape index (κ3) is 3.53. The Bertz CT molecular complexity index is 943. The third-order valence-electron chi connectivity index (χ3n) is 3.45. The molecule has 3 aromatic heterocycles. The Kier molecular flexibility index (Phi) is 4.75. The van der Waals surface area contributed by atoms with E-state index in [9.17, 15) is 9.18 Å². The molecular weight excluding hydrogens is 377 g/mol. The lowest BCUT2D eigenvalue weighted by atomic mass is 10.3. The van der Waals surface area contributed by atoms with Crippen molar-refractivity contribution >= 4 is 33.2 Å². The minimum Gasteiger partial charge on any atom is -0.368 e. The van der Waals surface area contributed by atoms with Crippen LogP contribution in [0.2, 0.25) is 0 Å². The number of aromatic nitrogens is 3. The minimum atomic E-state index is -0.529. The Hall–Kier alpha value is -2.48. The fourth-order valence-electron chi connectivity index (χ4n) is 2.25. The fourth-order valence-corrected chi connectivity index (χ4v) is 2.59. The molecule has 3 heterocycles. The summed E-state index contributed by atoms with van der Waals surface area (Å²) in [5, 5.41) is 6.13. The lowest BCUT2D eigenvalue weighted by Gasteiger charge is -2.11. The van der Waals surface area contributed by atoms with Crippen LogP contribution < -0.4 is 16.2 Å². The smallest absolute Gasteiger partial charge is 0.262 e. The first kappa shape index (κ1) is 16.4. The van der Waals surface area contributed by atoms with Crippen molar-refractivity contribution in [2.45, 2.75) is 6.92 Å². The van der Waals surface area contributed by atoms with Gasteiger partial charge in [0.2, 0.25) is 5.95 Å². The van der Waals surface area contributed by atoms with Crippen LogP contribution in [0.4, 0.5) is 16.0 Å². The molecule has 0 aliphatic heterocycles. The van der Waals surface area contributed by atoms with Gasteiger partial charge in [-0.05, 0) is 47.1 Å². The molecule has 0 bridgehead atoms. The van der Waals surface area contributed by atoms with Gasteiger partial charge in [0.15, 0.2) is 0 Å². The van der Waals surface area contributed by atoms with Crippen molar-refractivity contribution in [3.05, 3.63) is 62.9 Å². The average Bonchev–Trinajstić information content (AvgIpc) is 2.56. The molecule has 0 atom stereocenters. The van der Waals surface area contributed by atoms with Crippen LogP contribution in [0.1, 0.15) is 5.56 Å². The van der Waals surface area contributed by atoms with Crippen molar-refractivity contribution in [2.75, 3.05) is 23.7 Å². The lowest BCUT2D eigenvalue weighted by Crippen LogP contribution is -2.22. The first-order valence-corrected chi connectivity index (χ1v) is 8.13. The molecular formula is C16H15BrFN5O. The van der Waals surface area contributed by atoms with Gasteiger partial charge in [-0.2, -0.15) is 4.39 Å². The SMILES string of the molecule is Cc1c(NCCNc2cccc(F)n2)nc2ccc(Br)cn2c1=O. The molecule has 0 fully saturated rings. The second-order valence-corrected chi connectivity index (χ2v) is 6.08. The van der Waals surface area contributed by atoms with Gasteiger partial charge in [-0.1, -0.05) is 6.07 Å². The summed E-state index contributed by atoms with van der Waals surface area (Å²) in [5.41, 5.74) is 0.981. The fraction of sp³-hybridized carbons (Fsp3) is 0.188. The van der Waals surface area contributed by atoms with E-state index in [1.54, 1.807) is 31.3 Å². The summed E-state index contributed by atoms with van der Waals surface area (Å²) in [6.07, 6.45) is 1.69. The van der Waals surface area contributed by atoms with E-state index >= 15 is 0 Å². The van der Waals surface area contributed by atoms with Crippen molar-refractivity contribution in [1.29, 1.82) is 0 Å². The maximum absolute atomic E-state index is 13.0. The van der Waals surface area contributed by atoms with Gasteiger partial charge >= 0.3 is 0 Å². The molecule has 0 aliphatic rings. The zero-order valence-electron chi connectivity index (χ0n) is 12.9. The molecule has 6 nitrogen and oxygen atoms in total. The number of hydrogen-bond acceptors (Lipinski definition) is 5. The van der Waals surface area contributed by atoms with Gasteiger partial charge in [-0.25, -0.2) is 9.97 Å². The van der Waals surface area contributed by atoms with Crippen LogP contribution in [0.3, 0.4) is 0 Å². The van der Waals surface area contributed by atoms with E-state index in [1.807, 2.05) is 6.07 Å². The van der Waals surface area contributed by atoms with Crippen LogP contribution in [-0.4, -0.2) is 27.5 Å². The molecule has 0 radical (unpaired) electrons. The van der Waals surface area contributed by atoms with Crippen LogP contribution >= 0.6 is 15.9 Å². The topological polar surface area (TPSA) is 71.3 Å². The Morgan fingerprint density at radius 1 is 1.17 bits per heavy atom. The van der Waals surface area contributed by atoms with E-state index < -0.39 is 5.95 Å². The zero-order chi connectivity index (χ0) is 17.1. The largest absolute Gasteiger partial charge is 0.368 e. The number of nitrogens with one attached hydrogen (secondary N) is 2. The Labute approximate surface area is 145 Å². The summed E-state index contributed by atoms with van der Waals surface area (Å²) in [4.78, 5) is 20.6. The second-order valence-electron chi connectivity index (χ2n) is 5.17. The summed E-state index contributed by atoms with van der Waals surface area (Å²) in [5.74, 6) is 0.473. The molecule has 3 rings (SSSR count). The Morgan fingerprint density at radius 2 is 1.96 bits per heavy atom. The van der Waals surface area contributed by atoms with Crippen molar-refractivity contribution < 1.29 is 4.39 Å². The molecule has 0 saturated carbocycles. The molecule has 0 aromatic carbocycles. The van der Waals surface area contributed by atoms with Gasteiger partial charge in [0.1, 0.15) is 17.3 Å². The number of halogens is 2. The van der Waals surface area contributed by atoms with Crippen molar-refractivity contribution in [2.24, 2.45) is 0 Å². The Morgan fingerprint density at radius 3 is 2.75 bits per heavy atom. The predicted molar refractivity (Wildman–Crippen MR) is 95.1 cm³/mol. The first-order valence-electron chi connectivity index (χ1n) is 7.33. The van der Waals surface area contributed by atoms with Crippen LogP contribution in [0, 0.1) is 12.9 Å². The summed E-state index contributed by atoms with van der Waals surface area (Å²) >= 11 is 3.34. The molecule has 3 aromatic rings. The molecule has 24 heavy (non-hydrogen) atoms. The summed E-state index contributed by atoms with van der Waals surface area (Å²) in [6.45, 7) is 2.75. The second kappa shape index (κ2) is 6.96. The van der Waals surface area contributed by atoms with E-state index in [0.29, 0.717) is 35.9 Å². The zero-order valence-corrected chi connectivity index (χ0v) is 14.5. The molecule has 8 heteroatoms. The highest BCUT2D eigenvalue weighted by molar-refractivity contribution is 9.10. The van der Waals surface area contributed by atoms with E-state index in [-0.39, 0.29) is 5.56 Å².